The first kappa shape index (κ1) is 43.9. The lowest BCUT2D eigenvalue weighted by molar-refractivity contribution is 0.393. The van der Waals surface area contributed by atoms with E-state index in [-0.39, 0.29) is 5.75 Å². The van der Waals surface area contributed by atoms with Crippen LogP contribution < -0.4 is 29.7 Å². The largest absolute Gasteiger partial charge is 0.508 e. The quantitative estimate of drug-likeness (QED) is 0.138. The van der Waals surface area contributed by atoms with Crippen LogP contribution in [0.15, 0.2) is 246 Å². The summed E-state index contributed by atoms with van der Waals surface area (Å²) in [5.41, 5.74) is 0. The van der Waals surface area contributed by atoms with Crippen molar-refractivity contribution in [3.8, 4) is 23.0 Å². The molecule has 9 heteroatoms. The predicted molar refractivity (Wildman–Crippen MR) is 245 cm³/mol. The van der Waals surface area contributed by atoms with Gasteiger partial charge in [-0.2, -0.15) is 0 Å². The van der Waals surface area contributed by atoms with Crippen molar-refractivity contribution in [3.05, 3.63) is 237 Å². The second-order valence-corrected chi connectivity index (χ2v) is 18.1. The number of phenols is 1. The first-order chi connectivity index (χ1) is 28.8. The first-order valence-corrected chi connectivity index (χ1v) is 23.2. The van der Waals surface area contributed by atoms with Crippen molar-refractivity contribution in [1.82, 2.24) is 0 Å². The lowest BCUT2D eigenvalue weighted by Crippen LogP contribution is -2.20. The van der Waals surface area contributed by atoms with Gasteiger partial charge in [0.25, 0.3) is 0 Å². The van der Waals surface area contributed by atoms with Crippen LogP contribution in [0.4, 0.5) is 0 Å². The molecule has 0 unspecified atom stereocenters. The topological polar surface area (TPSA) is 82.1 Å². The lowest BCUT2D eigenvalue weighted by atomic mass is 10.3. The van der Waals surface area contributed by atoms with E-state index in [9.17, 15) is 8.77 Å². The summed E-state index contributed by atoms with van der Waals surface area (Å²) in [6, 6.07) is 75.8. The summed E-state index contributed by atoms with van der Waals surface area (Å²) in [4.78, 5) is 1.69. The predicted octanol–water partition coefficient (Wildman–Crippen LogP) is 11.7. The third-order valence-electron chi connectivity index (χ3n) is 8.06. The minimum Gasteiger partial charge on any atom is -0.508 e. The van der Waals surface area contributed by atoms with Crippen LogP contribution in [0.5, 0.6) is 23.0 Å². The van der Waals surface area contributed by atoms with Crippen molar-refractivity contribution in [2.45, 2.75) is 9.79 Å². The molecule has 0 saturated carbocycles. The summed E-state index contributed by atoms with van der Waals surface area (Å²) in [5.74, 6) is 2.09. The number of hydrogen-bond donors (Lipinski definition) is 1. The number of ether oxygens (including phenoxy) is 1. The minimum absolute atomic E-state index is 0.260. The maximum atomic E-state index is 12.1. The Morgan fingerprint density at radius 1 is 0.424 bits per heavy atom. The molecule has 6 nitrogen and oxygen atoms in total. The van der Waals surface area contributed by atoms with Crippen molar-refractivity contribution >= 4 is 42.2 Å². The van der Waals surface area contributed by atoms with Crippen LogP contribution in [0.3, 0.4) is 0 Å². The van der Waals surface area contributed by atoms with E-state index in [2.05, 4.69) is 91.0 Å². The molecule has 1 N–H and O–H groups in total. The van der Waals surface area contributed by atoms with Crippen LogP contribution in [0.25, 0.3) is 0 Å². The average Bonchev–Trinajstić information content (AvgIpc) is 3.29. The molecular formula is C50H46O6P2S. The minimum atomic E-state index is -3.14. The van der Waals surface area contributed by atoms with Crippen molar-refractivity contribution in [1.29, 1.82) is 0 Å². The van der Waals surface area contributed by atoms with Crippen LogP contribution in [0, 0.1) is 0 Å². The molecule has 0 atom stereocenters. The molecule has 8 aromatic carbocycles. The third kappa shape index (κ3) is 15.2. The second kappa shape index (κ2) is 23.9. The van der Waals surface area contributed by atoms with Gasteiger partial charge >= 0.3 is 7.60 Å². The highest BCUT2D eigenvalue weighted by molar-refractivity contribution is 7.85. The molecule has 0 amide bonds. The summed E-state index contributed by atoms with van der Waals surface area (Å²) >= 11 is 0. The molecule has 0 aromatic heterocycles. The highest BCUT2D eigenvalue weighted by Crippen LogP contribution is 2.44. The molecule has 8 aromatic rings. The maximum Gasteiger partial charge on any atom is 0.427 e. The molecule has 0 saturated heterocycles. The Hall–Kier alpha value is -6.23. The molecule has 0 radical (unpaired) electrons. The first-order valence-electron chi connectivity index (χ1n) is 18.7. The van der Waals surface area contributed by atoms with Crippen LogP contribution in [0.2, 0.25) is 0 Å². The summed E-state index contributed by atoms with van der Waals surface area (Å²) in [6.07, 6.45) is 0. The van der Waals surface area contributed by atoms with Crippen LogP contribution in [-0.4, -0.2) is 23.1 Å². The highest BCUT2D eigenvalue weighted by atomic mass is 32.2. The standard InChI is InChI=1S/C18H15P.C13H13O3P.C12H10OS.C7H8O2/c1-4-10-16(11-5-1)19(17-12-6-2-7-13-17)18-14-8-3-9-15-18;1-17(14,15-12-8-4-2-5-9-12)16-13-10-6-3-7-11-13;13-14(11-7-3-1-4-8-11)12-9-5-2-6-10-12;1-9-7-4-2-6(8)3-5-7/h1-15H;2-11H,1H3;1-10H;2-5,8H,1H3. The Bertz CT molecular complexity index is 2230. The summed E-state index contributed by atoms with van der Waals surface area (Å²) < 4.78 is 39.6. The number of aromatic hydroxyl groups is 1. The SMILES string of the molecule is COc1ccc(O)cc1.CP(=O)(Oc1ccccc1)Oc1ccccc1.O=S(c1ccccc1)c1ccccc1.c1ccc(P(c2ccccc2)c2ccccc2)cc1. The Morgan fingerprint density at radius 2 is 0.712 bits per heavy atom. The summed E-state index contributed by atoms with van der Waals surface area (Å²) in [7, 11) is -3.04. The van der Waals surface area contributed by atoms with Gasteiger partial charge in [0.05, 0.1) is 24.6 Å². The van der Waals surface area contributed by atoms with E-state index in [0.717, 1.165) is 15.5 Å². The van der Waals surface area contributed by atoms with Gasteiger partial charge < -0.3 is 18.9 Å². The van der Waals surface area contributed by atoms with E-state index in [1.54, 1.807) is 55.6 Å². The molecule has 0 bridgehead atoms. The van der Waals surface area contributed by atoms with E-state index in [0.29, 0.717) is 11.5 Å². The van der Waals surface area contributed by atoms with Crippen molar-refractivity contribution in [2.75, 3.05) is 13.8 Å². The zero-order valence-corrected chi connectivity index (χ0v) is 35.4. The fourth-order valence-corrected chi connectivity index (χ4v) is 9.78. The monoisotopic (exact) mass is 836 g/mol. The van der Waals surface area contributed by atoms with E-state index >= 15 is 0 Å². The molecule has 0 aliphatic rings. The Morgan fingerprint density at radius 3 is 1.02 bits per heavy atom. The number of para-hydroxylation sites is 2. The van der Waals surface area contributed by atoms with E-state index in [4.69, 9.17) is 18.9 Å². The lowest BCUT2D eigenvalue weighted by Gasteiger charge is -2.18. The molecule has 0 fully saturated rings. The molecule has 0 aliphatic carbocycles. The second-order valence-electron chi connectivity index (χ2n) is 12.5. The number of hydrogen-bond acceptors (Lipinski definition) is 6. The van der Waals surface area contributed by atoms with Gasteiger partial charge in [0, 0.05) is 9.79 Å². The molecule has 8 rings (SSSR count). The number of benzene rings is 8. The van der Waals surface area contributed by atoms with Gasteiger partial charge in [-0.1, -0.05) is 164 Å². The van der Waals surface area contributed by atoms with Gasteiger partial charge in [0.15, 0.2) is 0 Å². The van der Waals surface area contributed by atoms with Crippen molar-refractivity contribution in [2.24, 2.45) is 0 Å². The Kier molecular flexibility index (Phi) is 17.8. The third-order valence-corrected chi connectivity index (χ3v) is 13.0. The zero-order chi connectivity index (χ0) is 41.5. The zero-order valence-electron chi connectivity index (χ0n) is 32.8. The smallest absolute Gasteiger partial charge is 0.427 e. The Balaban J connectivity index is 0.000000154. The van der Waals surface area contributed by atoms with Gasteiger partial charge in [-0.3, -0.25) is 0 Å². The fraction of sp³-hybridized carbons (Fsp3) is 0.0400. The Labute approximate surface area is 351 Å². The van der Waals surface area contributed by atoms with E-state index in [1.807, 2.05) is 97.1 Å². The maximum absolute atomic E-state index is 12.1. The number of methoxy groups -OCH3 is 1. The summed E-state index contributed by atoms with van der Waals surface area (Å²) in [5, 5.41) is 13.0. The van der Waals surface area contributed by atoms with Gasteiger partial charge in [-0.05, 0) is 96.6 Å². The van der Waals surface area contributed by atoms with Gasteiger partial charge in [0.2, 0.25) is 0 Å². The molecule has 0 spiro atoms. The number of phenolic OH excluding ortho intramolecular Hbond substituents is 1. The molecule has 298 valence electrons. The van der Waals surface area contributed by atoms with Gasteiger partial charge in [-0.15, -0.1) is 0 Å². The highest BCUT2D eigenvalue weighted by Gasteiger charge is 2.20. The van der Waals surface area contributed by atoms with Crippen LogP contribution >= 0.6 is 15.5 Å². The molecule has 0 aliphatic heterocycles. The fourth-order valence-electron chi connectivity index (χ4n) is 5.35. The molecule has 0 heterocycles. The van der Waals surface area contributed by atoms with E-state index in [1.165, 1.54) is 22.6 Å². The molecule has 59 heavy (non-hydrogen) atoms. The van der Waals surface area contributed by atoms with Crippen molar-refractivity contribution in [3.63, 3.8) is 0 Å². The average molecular weight is 837 g/mol. The van der Waals surface area contributed by atoms with Crippen LogP contribution in [-0.2, 0) is 15.4 Å². The summed E-state index contributed by atoms with van der Waals surface area (Å²) in [6.45, 7) is 1.45. The van der Waals surface area contributed by atoms with Crippen LogP contribution in [0.1, 0.15) is 0 Å². The van der Waals surface area contributed by atoms with E-state index < -0.39 is 26.3 Å². The van der Waals surface area contributed by atoms with Gasteiger partial charge in [0.1, 0.15) is 23.0 Å². The molecular weight excluding hydrogens is 791 g/mol. The van der Waals surface area contributed by atoms with Gasteiger partial charge in [-0.25, -0.2) is 8.77 Å². The normalized spacial score (nSPS) is 10.4. The number of rotatable bonds is 10. The van der Waals surface area contributed by atoms with Crippen molar-refractivity contribution < 1.29 is 27.7 Å².